The van der Waals surface area contributed by atoms with Crippen molar-refractivity contribution < 1.29 is 0 Å². The summed E-state index contributed by atoms with van der Waals surface area (Å²) in [5, 5.41) is 16.2. The van der Waals surface area contributed by atoms with Crippen LogP contribution in [0.4, 0.5) is 0 Å². The molecule has 1 aromatic heterocycles. The number of aromatic nitrogens is 3. The Hall–Kier alpha value is -6.18. The highest BCUT2D eigenvalue weighted by Gasteiger charge is 2.37. The highest BCUT2D eigenvalue weighted by atomic mass is 15.0. The Kier molecular flexibility index (Phi) is 7.31. The summed E-state index contributed by atoms with van der Waals surface area (Å²) in [6, 6.07) is 49.1. The third-order valence-corrected chi connectivity index (χ3v) is 11.2. The smallest absolute Gasteiger partial charge is 0.164 e. The van der Waals surface area contributed by atoms with Crippen molar-refractivity contribution in [2.24, 2.45) is 0 Å². The summed E-state index contributed by atoms with van der Waals surface area (Å²) in [4.78, 5) is 15.5. The van der Waals surface area contributed by atoms with E-state index in [2.05, 4.69) is 143 Å². The zero-order valence-electron chi connectivity index (χ0n) is 29.9. The molecule has 0 unspecified atom stereocenters. The van der Waals surface area contributed by atoms with E-state index in [-0.39, 0.29) is 10.8 Å². The molecule has 0 amide bonds. The molecule has 0 bridgehead atoms. The van der Waals surface area contributed by atoms with Crippen LogP contribution in [0.5, 0.6) is 0 Å². The first-order chi connectivity index (χ1) is 25.1. The fourth-order valence-electron chi connectivity index (χ4n) is 7.92. The summed E-state index contributed by atoms with van der Waals surface area (Å²) in [5.74, 6) is 1.98. The normalized spacial score (nSPS) is 14.7. The Morgan fingerprint density at radius 3 is 1.54 bits per heavy atom. The quantitative estimate of drug-likeness (QED) is 0.175. The summed E-state index contributed by atoms with van der Waals surface area (Å²) in [6.45, 7) is 9.43. The maximum Gasteiger partial charge on any atom is 0.164 e. The summed E-state index contributed by atoms with van der Waals surface area (Å²) in [6.07, 6.45) is 2.30. The number of fused-ring (bicyclic) bond motifs is 5. The number of hydrogen-bond donors (Lipinski definition) is 0. The second-order valence-electron chi connectivity index (χ2n) is 15.5. The van der Waals surface area contributed by atoms with Gasteiger partial charge in [-0.05, 0) is 115 Å². The molecule has 4 heteroatoms. The standard InChI is InChI=1S/C48H38N4/c1-47(2)23-24-48(3,4)43-28-39(21-22-42(43)47)46-51-44(37-19-13-31-7-5-6-8-35(31)25-37)50-45(52-46)38-20-17-34-15-14-33-16-18-36(26-40(33)41(34)27-38)32-11-9-30(29-49)10-12-32/h5-22,25-28H,23-24H2,1-4H3. The number of hydrogen-bond acceptors (Lipinski definition) is 4. The molecule has 0 N–H and O–H groups in total. The van der Waals surface area contributed by atoms with Gasteiger partial charge in [-0.1, -0.05) is 125 Å². The zero-order chi connectivity index (χ0) is 35.6. The van der Waals surface area contributed by atoms with Gasteiger partial charge in [-0.15, -0.1) is 0 Å². The van der Waals surface area contributed by atoms with E-state index in [1.54, 1.807) is 0 Å². The molecule has 0 aliphatic heterocycles. The molecule has 0 atom stereocenters. The van der Waals surface area contributed by atoms with Crippen LogP contribution in [0.3, 0.4) is 0 Å². The van der Waals surface area contributed by atoms with Crippen molar-refractivity contribution in [1.29, 1.82) is 5.26 Å². The van der Waals surface area contributed by atoms with E-state index < -0.39 is 0 Å². The van der Waals surface area contributed by atoms with Crippen LogP contribution in [0.25, 0.3) is 77.6 Å². The predicted octanol–water partition coefficient (Wildman–Crippen LogP) is 12.2. The van der Waals surface area contributed by atoms with Crippen LogP contribution in [0.15, 0.2) is 133 Å². The Morgan fingerprint density at radius 1 is 0.442 bits per heavy atom. The Bertz CT molecular complexity index is 2750. The van der Waals surface area contributed by atoms with Crippen molar-refractivity contribution in [2.75, 3.05) is 0 Å². The topological polar surface area (TPSA) is 62.5 Å². The first-order valence-electron chi connectivity index (χ1n) is 18.0. The van der Waals surface area contributed by atoms with Crippen molar-refractivity contribution >= 4 is 32.3 Å². The molecule has 0 radical (unpaired) electrons. The summed E-state index contributed by atoms with van der Waals surface area (Å²) in [5.41, 5.74) is 8.73. The molecule has 1 aliphatic rings. The lowest BCUT2D eigenvalue weighted by molar-refractivity contribution is 0.332. The molecule has 0 fully saturated rings. The van der Waals surface area contributed by atoms with E-state index >= 15 is 0 Å². The monoisotopic (exact) mass is 670 g/mol. The van der Waals surface area contributed by atoms with Crippen LogP contribution >= 0.6 is 0 Å². The van der Waals surface area contributed by atoms with Crippen LogP contribution < -0.4 is 0 Å². The Balaban J connectivity index is 1.23. The lowest BCUT2D eigenvalue weighted by Gasteiger charge is -2.42. The number of rotatable bonds is 4. The molecular weight excluding hydrogens is 633 g/mol. The van der Waals surface area contributed by atoms with Crippen LogP contribution in [-0.4, -0.2) is 15.0 Å². The highest BCUT2D eigenvalue weighted by molar-refractivity contribution is 6.09. The molecule has 8 aromatic rings. The van der Waals surface area contributed by atoms with E-state index in [9.17, 15) is 5.26 Å². The van der Waals surface area contributed by atoms with Gasteiger partial charge in [-0.25, -0.2) is 15.0 Å². The molecule has 4 nitrogen and oxygen atoms in total. The van der Waals surface area contributed by atoms with Gasteiger partial charge in [-0.3, -0.25) is 0 Å². The van der Waals surface area contributed by atoms with Crippen molar-refractivity contribution in [3.63, 3.8) is 0 Å². The van der Waals surface area contributed by atoms with Crippen molar-refractivity contribution in [1.82, 2.24) is 15.0 Å². The van der Waals surface area contributed by atoms with Gasteiger partial charge in [-0.2, -0.15) is 5.26 Å². The predicted molar refractivity (Wildman–Crippen MR) is 214 cm³/mol. The molecule has 9 rings (SSSR count). The largest absolute Gasteiger partial charge is 0.208 e. The maximum atomic E-state index is 9.31. The van der Waals surface area contributed by atoms with Crippen LogP contribution in [0, 0.1) is 11.3 Å². The van der Waals surface area contributed by atoms with Crippen LogP contribution in [0.2, 0.25) is 0 Å². The molecular formula is C48H38N4. The second kappa shape index (κ2) is 12.0. The molecule has 0 saturated heterocycles. The molecule has 52 heavy (non-hydrogen) atoms. The fourth-order valence-corrected chi connectivity index (χ4v) is 7.92. The van der Waals surface area contributed by atoms with Gasteiger partial charge in [0.25, 0.3) is 0 Å². The minimum atomic E-state index is 0.0634. The van der Waals surface area contributed by atoms with E-state index in [1.165, 1.54) is 22.9 Å². The minimum Gasteiger partial charge on any atom is -0.208 e. The second-order valence-corrected chi connectivity index (χ2v) is 15.5. The molecule has 7 aromatic carbocycles. The summed E-state index contributed by atoms with van der Waals surface area (Å²) in [7, 11) is 0. The third-order valence-electron chi connectivity index (χ3n) is 11.2. The van der Waals surface area contributed by atoms with Gasteiger partial charge >= 0.3 is 0 Å². The number of nitrogens with zero attached hydrogens (tertiary/aromatic N) is 4. The number of nitriles is 1. The molecule has 1 heterocycles. The highest BCUT2D eigenvalue weighted by Crippen LogP contribution is 2.47. The van der Waals surface area contributed by atoms with E-state index in [4.69, 9.17) is 15.0 Å². The average molecular weight is 671 g/mol. The van der Waals surface area contributed by atoms with Gasteiger partial charge in [0.1, 0.15) is 0 Å². The molecule has 250 valence electrons. The lowest BCUT2D eigenvalue weighted by atomic mass is 9.63. The van der Waals surface area contributed by atoms with Gasteiger partial charge in [0.15, 0.2) is 17.5 Å². The first kappa shape index (κ1) is 31.8. The van der Waals surface area contributed by atoms with E-state index in [0.29, 0.717) is 23.0 Å². The molecule has 0 saturated carbocycles. The Morgan fingerprint density at radius 2 is 0.904 bits per heavy atom. The van der Waals surface area contributed by atoms with E-state index in [1.807, 2.05) is 24.3 Å². The molecule has 1 aliphatic carbocycles. The summed E-state index contributed by atoms with van der Waals surface area (Å²) >= 11 is 0. The SMILES string of the molecule is CC1(C)CCC(C)(C)c2cc(-c3nc(-c4ccc5ccccc5c4)nc(-c4ccc5ccc6ccc(-c7ccc(C#N)cc7)cc6c5c4)n3)ccc21. The number of benzene rings is 7. The van der Waals surface area contributed by atoms with Crippen LogP contribution in [-0.2, 0) is 10.8 Å². The van der Waals surface area contributed by atoms with E-state index in [0.717, 1.165) is 61.2 Å². The maximum absolute atomic E-state index is 9.31. The first-order valence-corrected chi connectivity index (χ1v) is 18.0. The third kappa shape index (κ3) is 5.50. The molecule has 0 spiro atoms. The fraction of sp³-hybridized carbons (Fsp3) is 0.167. The van der Waals surface area contributed by atoms with Gasteiger partial charge in [0.05, 0.1) is 11.6 Å². The summed E-state index contributed by atoms with van der Waals surface area (Å²) < 4.78 is 0. The van der Waals surface area contributed by atoms with Gasteiger partial charge in [0, 0.05) is 16.7 Å². The van der Waals surface area contributed by atoms with Crippen molar-refractivity contribution in [3.05, 3.63) is 150 Å². The van der Waals surface area contributed by atoms with Gasteiger partial charge in [0.2, 0.25) is 0 Å². The van der Waals surface area contributed by atoms with Crippen LogP contribution in [0.1, 0.15) is 57.2 Å². The van der Waals surface area contributed by atoms with Crippen molar-refractivity contribution in [3.8, 4) is 51.4 Å². The minimum absolute atomic E-state index is 0.0634. The zero-order valence-corrected chi connectivity index (χ0v) is 29.9. The Labute approximate surface area is 304 Å². The van der Waals surface area contributed by atoms with Crippen molar-refractivity contribution in [2.45, 2.75) is 51.4 Å². The average Bonchev–Trinajstić information content (AvgIpc) is 3.18. The lowest BCUT2D eigenvalue weighted by Crippen LogP contribution is -2.33. The van der Waals surface area contributed by atoms with Gasteiger partial charge < -0.3 is 0 Å².